The Labute approximate surface area is 71.6 Å². The van der Waals surface area contributed by atoms with E-state index in [1.807, 2.05) is 24.4 Å². The van der Waals surface area contributed by atoms with Crippen molar-refractivity contribution in [2.45, 2.75) is 6.04 Å². The fourth-order valence-corrected chi connectivity index (χ4v) is 1.35. The molecule has 12 heavy (non-hydrogen) atoms. The lowest BCUT2D eigenvalue weighted by Gasteiger charge is -2.18. The summed E-state index contributed by atoms with van der Waals surface area (Å²) in [6.07, 6.45) is 3.69. The molecule has 1 atom stereocenters. The third-order valence-electron chi connectivity index (χ3n) is 1.98. The molecule has 0 radical (unpaired) electrons. The second-order valence-corrected chi connectivity index (χ2v) is 2.73. The predicted octanol–water partition coefficient (Wildman–Crippen LogP) is 1.85. The summed E-state index contributed by atoms with van der Waals surface area (Å²) in [7, 11) is 0. The van der Waals surface area contributed by atoms with Gasteiger partial charge in [-0.15, -0.1) is 6.58 Å². The molecule has 2 nitrogen and oxygen atoms in total. The van der Waals surface area contributed by atoms with Crippen molar-refractivity contribution >= 4 is 6.21 Å². The van der Waals surface area contributed by atoms with Crippen molar-refractivity contribution < 1.29 is 0 Å². The van der Waals surface area contributed by atoms with Crippen molar-refractivity contribution in [3.63, 3.8) is 0 Å². The molecule has 0 fully saturated rings. The van der Waals surface area contributed by atoms with E-state index in [2.05, 4.69) is 29.2 Å². The number of nitrogens with zero attached hydrogens (tertiary/aromatic N) is 1. The molecule has 0 saturated carbocycles. The molecule has 1 N–H and O–H groups in total. The summed E-state index contributed by atoms with van der Waals surface area (Å²) in [5.74, 6) is 0. The molecule has 0 aliphatic carbocycles. The summed E-state index contributed by atoms with van der Waals surface area (Å²) >= 11 is 0. The second-order valence-electron chi connectivity index (χ2n) is 2.73. The Bertz CT molecular complexity index is 328. The van der Waals surface area contributed by atoms with Crippen LogP contribution in [0.2, 0.25) is 0 Å². The number of fused-ring (bicyclic) bond motifs is 1. The predicted molar refractivity (Wildman–Crippen MR) is 50.1 cm³/mol. The summed E-state index contributed by atoms with van der Waals surface area (Å²) in [6.45, 7) is 3.75. The maximum Gasteiger partial charge on any atom is 0.0874 e. The van der Waals surface area contributed by atoms with Crippen molar-refractivity contribution in [1.82, 2.24) is 5.43 Å². The van der Waals surface area contributed by atoms with Gasteiger partial charge in [0.1, 0.15) is 0 Å². The summed E-state index contributed by atoms with van der Waals surface area (Å²) in [5.41, 5.74) is 5.38. The number of nitrogens with one attached hydrogen (secondary N) is 1. The minimum atomic E-state index is 0.159. The lowest BCUT2D eigenvalue weighted by atomic mass is 10.0. The normalized spacial score (nSPS) is 19.5. The highest BCUT2D eigenvalue weighted by Gasteiger charge is 2.12. The van der Waals surface area contributed by atoms with Crippen LogP contribution in [0.25, 0.3) is 0 Å². The molecule has 1 unspecified atom stereocenters. The number of hydrazone groups is 1. The van der Waals surface area contributed by atoms with Gasteiger partial charge in [0.05, 0.1) is 12.3 Å². The van der Waals surface area contributed by atoms with Gasteiger partial charge >= 0.3 is 0 Å². The maximum atomic E-state index is 4.02. The summed E-state index contributed by atoms with van der Waals surface area (Å²) in [4.78, 5) is 0. The van der Waals surface area contributed by atoms with Crippen LogP contribution in [0.3, 0.4) is 0 Å². The largest absolute Gasteiger partial charge is 0.299 e. The molecule has 0 spiro atoms. The minimum absolute atomic E-state index is 0.159. The average molecular weight is 158 g/mol. The first-order valence-corrected chi connectivity index (χ1v) is 3.92. The summed E-state index contributed by atoms with van der Waals surface area (Å²) in [5, 5.41) is 4.02. The first kappa shape index (κ1) is 7.10. The monoisotopic (exact) mass is 158 g/mol. The third-order valence-corrected chi connectivity index (χ3v) is 1.98. The van der Waals surface area contributed by atoms with Crippen LogP contribution >= 0.6 is 0 Å². The van der Waals surface area contributed by atoms with Gasteiger partial charge in [0.15, 0.2) is 0 Å². The van der Waals surface area contributed by atoms with E-state index in [1.165, 1.54) is 11.1 Å². The van der Waals surface area contributed by atoms with Crippen molar-refractivity contribution in [2.75, 3.05) is 0 Å². The van der Waals surface area contributed by atoms with Gasteiger partial charge in [0, 0.05) is 5.56 Å². The smallest absolute Gasteiger partial charge is 0.0874 e. The average Bonchev–Trinajstić information content (AvgIpc) is 2.17. The first-order valence-electron chi connectivity index (χ1n) is 3.92. The quantitative estimate of drug-likeness (QED) is 0.620. The Morgan fingerprint density at radius 1 is 1.42 bits per heavy atom. The van der Waals surface area contributed by atoms with E-state index in [0.717, 1.165) is 0 Å². The Morgan fingerprint density at radius 2 is 2.25 bits per heavy atom. The zero-order chi connectivity index (χ0) is 8.39. The number of benzene rings is 1. The van der Waals surface area contributed by atoms with Crippen LogP contribution < -0.4 is 5.43 Å². The number of hydrogen-bond donors (Lipinski definition) is 1. The van der Waals surface area contributed by atoms with Crippen LogP contribution in [0.15, 0.2) is 42.0 Å². The van der Waals surface area contributed by atoms with Gasteiger partial charge in [-0.3, -0.25) is 5.43 Å². The zero-order valence-corrected chi connectivity index (χ0v) is 6.70. The first-order chi connectivity index (χ1) is 5.92. The van der Waals surface area contributed by atoms with E-state index < -0.39 is 0 Å². The number of rotatable bonds is 1. The molecule has 2 heteroatoms. The van der Waals surface area contributed by atoms with E-state index in [4.69, 9.17) is 0 Å². The van der Waals surface area contributed by atoms with Gasteiger partial charge in [-0.25, -0.2) is 0 Å². The van der Waals surface area contributed by atoms with Crippen molar-refractivity contribution in [1.29, 1.82) is 0 Å². The van der Waals surface area contributed by atoms with Crippen LogP contribution in [-0.2, 0) is 0 Å². The minimum Gasteiger partial charge on any atom is -0.299 e. The van der Waals surface area contributed by atoms with Crippen molar-refractivity contribution in [2.24, 2.45) is 5.10 Å². The van der Waals surface area contributed by atoms with Gasteiger partial charge < -0.3 is 0 Å². The van der Waals surface area contributed by atoms with Crippen LogP contribution in [0.5, 0.6) is 0 Å². The van der Waals surface area contributed by atoms with Gasteiger partial charge in [-0.1, -0.05) is 30.3 Å². The zero-order valence-electron chi connectivity index (χ0n) is 6.70. The molecule has 1 aromatic rings. The Hall–Kier alpha value is -1.57. The highest BCUT2D eigenvalue weighted by atomic mass is 15.3. The summed E-state index contributed by atoms with van der Waals surface area (Å²) < 4.78 is 0. The third kappa shape index (κ3) is 1.01. The van der Waals surface area contributed by atoms with Gasteiger partial charge in [-0.2, -0.15) is 5.10 Å². The highest BCUT2D eigenvalue weighted by Crippen LogP contribution is 2.19. The lowest BCUT2D eigenvalue weighted by molar-refractivity contribution is 0.651. The molecule has 2 rings (SSSR count). The Kier molecular flexibility index (Phi) is 1.67. The maximum absolute atomic E-state index is 4.02. The van der Waals surface area contributed by atoms with Gasteiger partial charge in [0.2, 0.25) is 0 Å². The molecule has 0 bridgehead atoms. The summed E-state index contributed by atoms with van der Waals surface area (Å²) in [6, 6.07) is 8.33. The molecule has 1 aliphatic heterocycles. The molecule has 1 heterocycles. The van der Waals surface area contributed by atoms with E-state index in [0.29, 0.717) is 0 Å². The van der Waals surface area contributed by atoms with E-state index >= 15 is 0 Å². The molecule has 0 amide bonds. The molecular formula is C10H10N2. The molecule has 60 valence electrons. The van der Waals surface area contributed by atoms with E-state index in [9.17, 15) is 0 Å². The molecule has 0 saturated heterocycles. The fraction of sp³-hybridized carbons (Fsp3) is 0.100. The molecular weight excluding hydrogens is 148 g/mol. The number of hydrogen-bond acceptors (Lipinski definition) is 2. The molecule has 1 aromatic carbocycles. The molecule has 0 aromatic heterocycles. The SMILES string of the molecule is C=CC1NN=Cc2ccccc21. The van der Waals surface area contributed by atoms with Crippen molar-refractivity contribution in [3.05, 3.63) is 48.0 Å². The highest BCUT2D eigenvalue weighted by molar-refractivity contribution is 5.82. The van der Waals surface area contributed by atoms with Crippen LogP contribution in [-0.4, -0.2) is 6.21 Å². The van der Waals surface area contributed by atoms with E-state index in [-0.39, 0.29) is 6.04 Å². The van der Waals surface area contributed by atoms with Gasteiger partial charge in [0.25, 0.3) is 0 Å². The second kappa shape index (κ2) is 2.81. The van der Waals surface area contributed by atoms with E-state index in [1.54, 1.807) is 0 Å². The Morgan fingerprint density at radius 3 is 3.08 bits per heavy atom. The lowest BCUT2D eigenvalue weighted by Crippen LogP contribution is -2.19. The Balaban J connectivity index is 2.52. The standard InChI is InChI=1S/C10H10N2/c1-2-10-9-6-4-3-5-8(9)7-11-12-10/h2-7,10,12H,1H2. The van der Waals surface area contributed by atoms with Crippen LogP contribution in [0, 0.1) is 0 Å². The molecule has 1 aliphatic rings. The van der Waals surface area contributed by atoms with Crippen molar-refractivity contribution in [3.8, 4) is 0 Å². The van der Waals surface area contributed by atoms with Crippen LogP contribution in [0.1, 0.15) is 17.2 Å². The fourth-order valence-electron chi connectivity index (χ4n) is 1.35. The van der Waals surface area contributed by atoms with Crippen LogP contribution in [0.4, 0.5) is 0 Å². The van der Waals surface area contributed by atoms with Gasteiger partial charge in [-0.05, 0) is 5.56 Å². The topological polar surface area (TPSA) is 24.4 Å².